The van der Waals surface area contributed by atoms with Crippen molar-refractivity contribution in [1.82, 2.24) is 10.3 Å². The Morgan fingerprint density at radius 2 is 1.89 bits per heavy atom. The highest BCUT2D eigenvalue weighted by Crippen LogP contribution is 2.24. The van der Waals surface area contributed by atoms with E-state index in [2.05, 4.69) is 10.3 Å². The summed E-state index contributed by atoms with van der Waals surface area (Å²) >= 11 is 0. The number of ether oxygens (including phenoxy) is 1. The Kier molecular flexibility index (Phi) is 6.17. The number of carbonyl (C=O) groups is 1. The minimum atomic E-state index is -0.290. The zero-order valence-corrected chi connectivity index (χ0v) is 15.7. The van der Waals surface area contributed by atoms with Crippen LogP contribution in [-0.2, 0) is 4.79 Å². The molecule has 0 saturated heterocycles. The van der Waals surface area contributed by atoms with Crippen molar-refractivity contribution in [3.05, 3.63) is 95.6 Å². The van der Waals surface area contributed by atoms with Gasteiger partial charge in [0.2, 0.25) is 5.91 Å². The van der Waals surface area contributed by atoms with E-state index in [9.17, 15) is 9.18 Å². The van der Waals surface area contributed by atoms with E-state index in [4.69, 9.17) is 4.74 Å². The van der Waals surface area contributed by atoms with Crippen LogP contribution in [0, 0.1) is 12.7 Å². The minimum absolute atomic E-state index is 0.215. The van der Waals surface area contributed by atoms with Crippen molar-refractivity contribution in [2.24, 2.45) is 0 Å². The third-order valence-corrected chi connectivity index (χ3v) is 4.23. The van der Waals surface area contributed by atoms with Crippen LogP contribution in [-0.4, -0.2) is 10.9 Å². The Morgan fingerprint density at radius 3 is 2.64 bits per heavy atom. The summed E-state index contributed by atoms with van der Waals surface area (Å²) in [4.78, 5) is 16.2. The summed E-state index contributed by atoms with van der Waals surface area (Å²) in [5, 5.41) is 2.90. The van der Waals surface area contributed by atoms with Crippen molar-refractivity contribution >= 4 is 12.0 Å². The molecule has 0 spiro atoms. The molecule has 0 saturated carbocycles. The minimum Gasteiger partial charge on any atom is -0.457 e. The quantitative estimate of drug-likeness (QED) is 0.601. The van der Waals surface area contributed by atoms with Gasteiger partial charge in [-0.05, 0) is 66.9 Å². The van der Waals surface area contributed by atoms with Crippen molar-refractivity contribution in [2.75, 3.05) is 0 Å². The van der Waals surface area contributed by atoms with E-state index in [0.717, 1.165) is 5.56 Å². The molecule has 1 aromatic heterocycles. The Hall–Kier alpha value is -3.47. The molecule has 0 aliphatic heterocycles. The molecule has 1 amide bonds. The molecule has 0 radical (unpaired) electrons. The number of halogens is 1. The zero-order chi connectivity index (χ0) is 19.9. The highest BCUT2D eigenvalue weighted by Gasteiger charge is 2.09. The van der Waals surface area contributed by atoms with Gasteiger partial charge in [0.1, 0.15) is 17.3 Å². The number of pyridine rings is 1. The zero-order valence-electron chi connectivity index (χ0n) is 15.7. The van der Waals surface area contributed by atoms with Crippen LogP contribution in [0.5, 0.6) is 11.5 Å². The Balaban J connectivity index is 1.62. The van der Waals surface area contributed by atoms with Crippen LogP contribution in [0.2, 0.25) is 0 Å². The topological polar surface area (TPSA) is 51.2 Å². The Morgan fingerprint density at radius 1 is 1.11 bits per heavy atom. The number of amides is 1. The molecule has 1 heterocycles. The first-order valence-corrected chi connectivity index (χ1v) is 8.94. The summed E-state index contributed by atoms with van der Waals surface area (Å²) in [6.45, 7) is 3.59. The lowest BCUT2D eigenvalue weighted by atomic mass is 10.1. The summed E-state index contributed by atoms with van der Waals surface area (Å²) in [6, 6.07) is 15.7. The second kappa shape index (κ2) is 8.95. The molecule has 3 rings (SSSR count). The number of hydrogen-bond acceptors (Lipinski definition) is 3. The number of aromatic nitrogens is 1. The second-order valence-corrected chi connectivity index (χ2v) is 6.43. The standard InChI is InChI=1S/C23H21FN2O2/c1-16-6-7-18(14-22(16)24)8-9-23(27)26-17(2)19-4-3-5-21(15-19)28-20-10-12-25-13-11-20/h3-15,17H,1-2H3,(H,26,27)/b9-8+. The lowest BCUT2D eigenvalue weighted by Gasteiger charge is -2.14. The smallest absolute Gasteiger partial charge is 0.244 e. The molecule has 0 fully saturated rings. The van der Waals surface area contributed by atoms with Crippen molar-refractivity contribution in [2.45, 2.75) is 19.9 Å². The van der Waals surface area contributed by atoms with E-state index in [1.165, 1.54) is 12.1 Å². The number of aryl methyl sites for hydroxylation is 1. The number of nitrogens with zero attached hydrogens (tertiary/aromatic N) is 1. The van der Waals surface area contributed by atoms with Crippen LogP contribution in [0.1, 0.15) is 29.7 Å². The average molecular weight is 376 g/mol. The third-order valence-electron chi connectivity index (χ3n) is 4.23. The maximum atomic E-state index is 13.6. The van der Waals surface area contributed by atoms with Gasteiger partial charge in [0.15, 0.2) is 0 Å². The van der Waals surface area contributed by atoms with Crippen LogP contribution in [0.4, 0.5) is 4.39 Å². The van der Waals surface area contributed by atoms with E-state index in [1.807, 2.05) is 31.2 Å². The molecule has 1 unspecified atom stereocenters. The number of rotatable bonds is 6. The number of nitrogens with one attached hydrogen (secondary N) is 1. The van der Waals surface area contributed by atoms with Crippen molar-refractivity contribution in [3.8, 4) is 11.5 Å². The summed E-state index contributed by atoms with van der Waals surface area (Å²) in [5.74, 6) is 0.823. The highest BCUT2D eigenvalue weighted by molar-refractivity contribution is 5.92. The van der Waals surface area contributed by atoms with Crippen molar-refractivity contribution in [3.63, 3.8) is 0 Å². The number of carbonyl (C=O) groups excluding carboxylic acids is 1. The van der Waals surface area contributed by atoms with E-state index in [0.29, 0.717) is 22.6 Å². The number of hydrogen-bond donors (Lipinski definition) is 1. The first-order valence-electron chi connectivity index (χ1n) is 8.94. The first kappa shape index (κ1) is 19.3. The fourth-order valence-corrected chi connectivity index (χ4v) is 2.62. The van der Waals surface area contributed by atoms with Gasteiger partial charge in [-0.3, -0.25) is 9.78 Å². The molecule has 0 aliphatic rings. The molecule has 28 heavy (non-hydrogen) atoms. The average Bonchev–Trinajstić information content (AvgIpc) is 2.70. The van der Waals surface area contributed by atoms with Gasteiger partial charge in [0, 0.05) is 18.5 Å². The van der Waals surface area contributed by atoms with Crippen molar-refractivity contribution in [1.29, 1.82) is 0 Å². The SMILES string of the molecule is Cc1ccc(/C=C/C(=O)NC(C)c2cccc(Oc3ccncc3)c2)cc1F. The van der Waals surface area contributed by atoms with Gasteiger partial charge < -0.3 is 10.1 Å². The Bertz CT molecular complexity index is 987. The third kappa shape index (κ3) is 5.27. The van der Waals surface area contributed by atoms with Crippen LogP contribution < -0.4 is 10.1 Å². The summed E-state index contributed by atoms with van der Waals surface area (Å²) in [5.41, 5.74) is 2.12. The summed E-state index contributed by atoms with van der Waals surface area (Å²) < 4.78 is 19.4. The first-order chi connectivity index (χ1) is 13.5. The maximum Gasteiger partial charge on any atom is 0.244 e. The van der Waals surface area contributed by atoms with E-state index >= 15 is 0 Å². The summed E-state index contributed by atoms with van der Waals surface area (Å²) in [7, 11) is 0. The van der Waals surface area contributed by atoms with Gasteiger partial charge in [-0.2, -0.15) is 0 Å². The second-order valence-electron chi connectivity index (χ2n) is 6.43. The molecule has 0 bridgehead atoms. The van der Waals surface area contributed by atoms with Crippen molar-refractivity contribution < 1.29 is 13.9 Å². The predicted octanol–water partition coefficient (Wildman–Crippen LogP) is 5.21. The van der Waals surface area contributed by atoms with E-state index in [-0.39, 0.29) is 17.8 Å². The molecule has 3 aromatic rings. The fourth-order valence-electron chi connectivity index (χ4n) is 2.62. The van der Waals surface area contributed by atoms with Gasteiger partial charge in [-0.1, -0.05) is 24.3 Å². The molecule has 142 valence electrons. The van der Waals surface area contributed by atoms with E-state index < -0.39 is 0 Å². The van der Waals surface area contributed by atoms with Gasteiger partial charge in [-0.25, -0.2) is 4.39 Å². The van der Waals surface area contributed by atoms with Crippen LogP contribution in [0.25, 0.3) is 6.08 Å². The predicted molar refractivity (Wildman–Crippen MR) is 107 cm³/mol. The largest absolute Gasteiger partial charge is 0.457 e. The molecule has 4 nitrogen and oxygen atoms in total. The normalized spacial score (nSPS) is 12.0. The molecular weight excluding hydrogens is 355 g/mol. The maximum absolute atomic E-state index is 13.6. The fraction of sp³-hybridized carbons (Fsp3) is 0.130. The van der Waals surface area contributed by atoms with Gasteiger partial charge in [0.25, 0.3) is 0 Å². The van der Waals surface area contributed by atoms with Gasteiger partial charge in [-0.15, -0.1) is 0 Å². The van der Waals surface area contributed by atoms with Gasteiger partial charge >= 0.3 is 0 Å². The molecule has 1 N–H and O–H groups in total. The van der Waals surface area contributed by atoms with Gasteiger partial charge in [0.05, 0.1) is 6.04 Å². The molecule has 2 aromatic carbocycles. The van der Waals surface area contributed by atoms with Crippen LogP contribution >= 0.6 is 0 Å². The highest BCUT2D eigenvalue weighted by atomic mass is 19.1. The lowest BCUT2D eigenvalue weighted by molar-refractivity contribution is -0.117. The molecule has 5 heteroatoms. The van der Waals surface area contributed by atoms with Crippen LogP contribution in [0.15, 0.2) is 73.1 Å². The molecule has 0 aliphatic carbocycles. The molecule has 1 atom stereocenters. The summed E-state index contributed by atoms with van der Waals surface area (Å²) in [6.07, 6.45) is 6.31. The van der Waals surface area contributed by atoms with Crippen LogP contribution in [0.3, 0.4) is 0 Å². The molecular formula is C23H21FN2O2. The van der Waals surface area contributed by atoms with E-state index in [1.54, 1.807) is 49.7 Å². The lowest BCUT2D eigenvalue weighted by Crippen LogP contribution is -2.24. The number of benzene rings is 2. The monoisotopic (exact) mass is 376 g/mol. The Labute approximate surface area is 163 Å².